The summed E-state index contributed by atoms with van der Waals surface area (Å²) in [6, 6.07) is 11.9. The number of aromatic nitrogens is 1. The molecule has 3 N–H and O–H groups in total. The average Bonchev–Trinajstić information content (AvgIpc) is 2.78. The number of anilines is 2. The SMILES string of the molecule is N#CN/C(=N\Cc1ccccc1NS(=O)(=O)c1cc(C(F)(F)F)ccc1Br)Nc1ccncc1. The second-order valence-electron chi connectivity index (χ2n) is 6.67. The molecular weight excluding hydrogens is 537 g/mol. The number of halogens is 4. The van der Waals surface area contributed by atoms with E-state index in [1.54, 1.807) is 48.9 Å². The Morgan fingerprint density at radius 1 is 1.12 bits per heavy atom. The van der Waals surface area contributed by atoms with E-state index >= 15 is 0 Å². The Labute approximate surface area is 201 Å². The number of guanidine groups is 1. The molecule has 0 aliphatic carbocycles. The number of para-hydroxylation sites is 1. The Hall–Kier alpha value is -3.63. The van der Waals surface area contributed by atoms with Gasteiger partial charge in [0.25, 0.3) is 10.0 Å². The summed E-state index contributed by atoms with van der Waals surface area (Å²) in [6.07, 6.45) is 0.138. The van der Waals surface area contributed by atoms with Crippen LogP contribution in [0.2, 0.25) is 0 Å². The molecule has 0 saturated heterocycles. The predicted octanol–water partition coefficient (Wildman–Crippen LogP) is 4.70. The molecule has 8 nitrogen and oxygen atoms in total. The third kappa shape index (κ3) is 6.46. The predicted molar refractivity (Wildman–Crippen MR) is 124 cm³/mol. The summed E-state index contributed by atoms with van der Waals surface area (Å²) < 4.78 is 67.4. The van der Waals surface area contributed by atoms with E-state index < -0.39 is 26.7 Å². The van der Waals surface area contributed by atoms with Gasteiger partial charge in [0.05, 0.1) is 17.8 Å². The summed E-state index contributed by atoms with van der Waals surface area (Å²) in [6.45, 7) is -0.0510. The zero-order chi connectivity index (χ0) is 24.8. The van der Waals surface area contributed by atoms with Crippen LogP contribution in [0, 0.1) is 11.5 Å². The van der Waals surface area contributed by atoms with Gasteiger partial charge in [-0.2, -0.15) is 18.4 Å². The Morgan fingerprint density at radius 2 is 1.82 bits per heavy atom. The van der Waals surface area contributed by atoms with Crippen molar-refractivity contribution in [3.63, 3.8) is 0 Å². The van der Waals surface area contributed by atoms with Crippen LogP contribution in [0.4, 0.5) is 24.5 Å². The minimum absolute atomic E-state index is 0.0226. The number of hydrogen-bond acceptors (Lipinski definition) is 5. The standard InChI is InChI=1S/C21H16BrF3N6O2S/c22-17-6-5-15(21(23,24)25)11-19(17)34(32,33)31-18-4-2-1-3-14(18)12-28-20(29-13-26)30-16-7-9-27-10-8-16/h1-11,31H,12H2,(H2,27,28,29,30). The third-order valence-electron chi connectivity index (χ3n) is 4.33. The van der Waals surface area contributed by atoms with E-state index in [1.807, 2.05) is 0 Å². The number of rotatable bonds is 6. The highest BCUT2D eigenvalue weighted by molar-refractivity contribution is 9.10. The highest BCUT2D eigenvalue weighted by atomic mass is 79.9. The molecule has 1 heterocycles. The Balaban J connectivity index is 1.88. The number of aliphatic imine (C=N–C) groups is 1. The van der Waals surface area contributed by atoms with Crippen LogP contribution in [-0.4, -0.2) is 19.4 Å². The van der Waals surface area contributed by atoms with E-state index in [2.05, 4.69) is 41.3 Å². The van der Waals surface area contributed by atoms with E-state index in [0.29, 0.717) is 17.3 Å². The highest BCUT2D eigenvalue weighted by Gasteiger charge is 2.32. The minimum atomic E-state index is -4.70. The van der Waals surface area contributed by atoms with Crippen molar-refractivity contribution < 1.29 is 21.6 Å². The lowest BCUT2D eigenvalue weighted by Gasteiger charge is -2.15. The quantitative estimate of drug-likeness (QED) is 0.176. The van der Waals surface area contributed by atoms with Crippen molar-refractivity contribution in [1.29, 1.82) is 5.26 Å². The summed E-state index contributed by atoms with van der Waals surface area (Å²) in [4.78, 5) is 7.59. The smallest absolute Gasteiger partial charge is 0.325 e. The molecule has 0 saturated carbocycles. The molecule has 0 spiro atoms. The molecule has 0 unspecified atom stereocenters. The summed E-state index contributed by atoms with van der Waals surface area (Å²) in [7, 11) is -4.38. The molecule has 176 valence electrons. The summed E-state index contributed by atoms with van der Waals surface area (Å²) in [5.74, 6) is 0.104. The van der Waals surface area contributed by atoms with Crippen molar-refractivity contribution in [3.05, 3.63) is 82.6 Å². The number of sulfonamides is 1. The highest BCUT2D eigenvalue weighted by Crippen LogP contribution is 2.34. The maximum Gasteiger partial charge on any atom is 0.416 e. The number of pyridine rings is 1. The Morgan fingerprint density at radius 3 is 2.50 bits per heavy atom. The van der Waals surface area contributed by atoms with Gasteiger partial charge < -0.3 is 5.32 Å². The molecule has 0 atom stereocenters. The largest absolute Gasteiger partial charge is 0.416 e. The molecule has 0 amide bonds. The second-order valence-corrected chi connectivity index (χ2v) is 9.17. The van der Waals surface area contributed by atoms with Crippen molar-refractivity contribution in [3.8, 4) is 6.19 Å². The van der Waals surface area contributed by atoms with Crippen molar-refractivity contribution in [2.45, 2.75) is 17.6 Å². The van der Waals surface area contributed by atoms with Gasteiger partial charge in [0, 0.05) is 22.6 Å². The van der Waals surface area contributed by atoms with Gasteiger partial charge in [0.1, 0.15) is 4.90 Å². The number of alkyl halides is 3. The summed E-state index contributed by atoms with van der Waals surface area (Å²) >= 11 is 3.00. The lowest BCUT2D eigenvalue weighted by atomic mass is 10.2. The Bertz CT molecular complexity index is 1340. The maximum atomic E-state index is 13.1. The molecule has 0 aliphatic heterocycles. The molecule has 2 aromatic carbocycles. The van der Waals surface area contributed by atoms with Crippen molar-refractivity contribution in [1.82, 2.24) is 10.3 Å². The van der Waals surface area contributed by atoms with Crippen molar-refractivity contribution in [2.24, 2.45) is 4.99 Å². The molecule has 0 radical (unpaired) electrons. The number of nitrogens with zero attached hydrogens (tertiary/aromatic N) is 3. The van der Waals surface area contributed by atoms with E-state index in [-0.39, 0.29) is 22.7 Å². The van der Waals surface area contributed by atoms with Crippen LogP contribution in [0.15, 0.2) is 81.4 Å². The maximum absolute atomic E-state index is 13.1. The summed E-state index contributed by atoms with van der Waals surface area (Å²) in [5.41, 5.74) is 0.0574. The van der Waals surface area contributed by atoms with Crippen LogP contribution in [0.5, 0.6) is 0 Å². The van der Waals surface area contributed by atoms with Gasteiger partial charge in [-0.3, -0.25) is 15.0 Å². The molecule has 3 aromatic rings. The first-order valence-electron chi connectivity index (χ1n) is 9.44. The fraction of sp³-hybridized carbons (Fsp3) is 0.0952. The number of benzene rings is 2. The molecule has 1 aromatic heterocycles. The normalized spacial score (nSPS) is 12.0. The number of nitrogens with one attached hydrogen (secondary N) is 3. The first kappa shape index (κ1) is 25.0. The summed E-state index contributed by atoms with van der Waals surface area (Å²) in [5, 5.41) is 14.3. The van der Waals surface area contributed by atoms with Crippen LogP contribution < -0.4 is 15.4 Å². The number of hydrogen-bond donors (Lipinski definition) is 3. The van der Waals surface area contributed by atoms with Gasteiger partial charge in [-0.1, -0.05) is 18.2 Å². The van der Waals surface area contributed by atoms with Crippen molar-refractivity contribution in [2.75, 3.05) is 10.0 Å². The molecule has 0 bridgehead atoms. The van der Waals surface area contributed by atoms with Crippen LogP contribution in [0.3, 0.4) is 0 Å². The molecular formula is C21H16BrF3N6O2S. The van der Waals surface area contributed by atoms with Gasteiger partial charge in [0.2, 0.25) is 5.96 Å². The van der Waals surface area contributed by atoms with Crippen molar-refractivity contribution >= 4 is 43.3 Å². The fourth-order valence-corrected chi connectivity index (χ4v) is 4.83. The zero-order valence-corrected chi connectivity index (χ0v) is 19.5. The van der Waals surface area contributed by atoms with Crippen LogP contribution in [0.25, 0.3) is 0 Å². The van der Waals surface area contributed by atoms with Gasteiger partial charge >= 0.3 is 6.18 Å². The lowest BCUT2D eigenvalue weighted by Crippen LogP contribution is -2.26. The number of nitriles is 1. The Kier molecular flexibility index (Phi) is 7.75. The molecule has 34 heavy (non-hydrogen) atoms. The third-order valence-corrected chi connectivity index (χ3v) is 6.69. The van der Waals surface area contributed by atoms with E-state index in [9.17, 15) is 21.6 Å². The second kappa shape index (κ2) is 10.5. The van der Waals surface area contributed by atoms with Gasteiger partial charge in [0.15, 0.2) is 6.19 Å². The van der Waals surface area contributed by atoms with Crippen LogP contribution in [-0.2, 0) is 22.7 Å². The monoisotopic (exact) mass is 552 g/mol. The molecule has 13 heteroatoms. The van der Waals surface area contributed by atoms with E-state index in [1.165, 1.54) is 6.07 Å². The van der Waals surface area contributed by atoms with Crippen LogP contribution in [0.1, 0.15) is 11.1 Å². The van der Waals surface area contributed by atoms with E-state index in [0.717, 1.165) is 12.1 Å². The van der Waals surface area contributed by atoms with Gasteiger partial charge in [-0.25, -0.2) is 13.4 Å². The molecule has 3 rings (SSSR count). The first-order chi connectivity index (χ1) is 16.1. The van der Waals surface area contributed by atoms with Crippen LogP contribution >= 0.6 is 15.9 Å². The van der Waals surface area contributed by atoms with Gasteiger partial charge in [-0.05, 0) is 57.9 Å². The average molecular weight is 553 g/mol. The fourth-order valence-electron chi connectivity index (χ4n) is 2.74. The van der Waals surface area contributed by atoms with E-state index in [4.69, 9.17) is 5.26 Å². The lowest BCUT2D eigenvalue weighted by molar-refractivity contribution is -0.137. The minimum Gasteiger partial charge on any atom is -0.325 e. The molecule has 0 fully saturated rings. The first-order valence-corrected chi connectivity index (χ1v) is 11.7. The topological polar surface area (TPSA) is 119 Å². The molecule has 0 aliphatic rings. The van der Waals surface area contributed by atoms with Gasteiger partial charge in [-0.15, -0.1) is 0 Å². The zero-order valence-electron chi connectivity index (χ0n) is 17.1.